The van der Waals surface area contributed by atoms with E-state index in [1.54, 1.807) is 9.43 Å². The fraction of sp³-hybridized carbons (Fsp3) is 0.333. The van der Waals surface area contributed by atoms with Gasteiger partial charge in [0.25, 0.3) is 0 Å². The quantitative estimate of drug-likeness (QED) is 0.122. The van der Waals surface area contributed by atoms with Crippen molar-refractivity contribution >= 4 is 33.1 Å². The van der Waals surface area contributed by atoms with E-state index in [-0.39, 0.29) is 0 Å². The van der Waals surface area contributed by atoms with E-state index in [1.165, 1.54) is 113 Å². The van der Waals surface area contributed by atoms with Crippen LogP contribution in [0, 0.1) is 41.5 Å². The van der Waals surface area contributed by atoms with Crippen LogP contribution in [0.15, 0.2) is 72.8 Å². The van der Waals surface area contributed by atoms with E-state index in [9.17, 15) is 0 Å². The van der Waals surface area contributed by atoms with Gasteiger partial charge >= 0.3 is 323 Å². The van der Waals surface area contributed by atoms with Crippen molar-refractivity contribution in [3.8, 4) is 33.4 Å². The normalized spacial score (nSPS) is 14.6. The number of allylic oxidation sites excluding steroid dienone is 1. The minimum atomic E-state index is -3.09. The molecule has 0 heterocycles. The van der Waals surface area contributed by atoms with Gasteiger partial charge in [-0.05, 0) is 0 Å². The van der Waals surface area contributed by atoms with E-state index in [4.69, 9.17) is 23.2 Å². The van der Waals surface area contributed by atoms with Crippen molar-refractivity contribution in [2.24, 2.45) is 0 Å². The average molecular weight is 748 g/mol. The Morgan fingerprint density at radius 2 is 1.18 bits per heavy atom. The monoisotopic (exact) mass is 746 g/mol. The van der Waals surface area contributed by atoms with Crippen LogP contribution in [-0.4, -0.2) is 0 Å². The summed E-state index contributed by atoms with van der Waals surface area (Å²) in [6.45, 7) is 18.3. The molecule has 7 rings (SSSR count). The van der Waals surface area contributed by atoms with Crippen LogP contribution in [0.3, 0.4) is 0 Å². The van der Waals surface area contributed by atoms with Gasteiger partial charge in [-0.1, -0.05) is 0 Å². The van der Waals surface area contributed by atoms with Crippen LogP contribution in [0.5, 0.6) is 0 Å². The Labute approximate surface area is 320 Å². The Hall–Kier alpha value is -2.87. The first-order valence-electron chi connectivity index (χ1n) is 19.1. The van der Waals surface area contributed by atoms with Crippen molar-refractivity contribution in [2.75, 3.05) is 0 Å². The van der Waals surface area contributed by atoms with Gasteiger partial charge in [-0.25, -0.2) is 0 Å². The molecule has 262 valence electrons. The fourth-order valence-electron chi connectivity index (χ4n) is 9.96. The summed E-state index contributed by atoms with van der Waals surface area (Å²) in [4.78, 5) is 0. The Morgan fingerprint density at radius 3 is 1.76 bits per heavy atom. The third-order valence-corrected chi connectivity index (χ3v) is 21.5. The third kappa shape index (κ3) is 6.44. The van der Waals surface area contributed by atoms with E-state index >= 15 is 0 Å². The van der Waals surface area contributed by atoms with Crippen LogP contribution >= 0.6 is 23.2 Å². The van der Waals surface area contributed by atoms with Crippen LogP contribution in [0.2, 0.25) is 19.5 Å². The zero-order chi connectivity index (χ0) is 36.2. The first-order chi connectivity index (χ1) is 24.5. The summed E-state index contributed by atoms with van der Waals surface area (Å²) in [5.41, 5.74) is 21.9. The SMILES string of the molecule is CCC[CH2][Ti]([CH2]CCC)([c]1cc(-c2c(C)cc(C)cc2C)cc2c1Cc1ccc(-c3c(C)cc(C)cc3C)cc1-2)[CH]1C=Cc2c(Cl)ccc(Cl)c21. The van der Waals surface area contributed by atoms with Crippen molar-refractivity contribution in [3.63, 3.8) is 0 Å². The number of fused-ring (bicyclic) bond motifs is 4. The van der Waals surface area contributed by atoms with Crippen LogP contribution in [0.1, 0.15) is 99.4 Å². The average Bonchev–Trinajstić information content (AvgIpc) is 3.69. The van der Waals surface area contributed by atoms with Gasteiger partial charge in [0.2, 0.25) is 0 Å². The number of rotatable bonds is 10. The van der Waals surface area contributed by atoms with Crippen LogP contribution in [0.25, 0.3) is 39.5 Å². The van der Waals surface area contributed by atoms with E-state index < -0.39 is 16.6 Å². The first kappa shape index (κ1) is 36.5. The van der Waals surface area contributed by atoms with Crippen molar-refractivity contribution in [1.29, 1.82) is 0 Å². The Bertz CT molecular complexity index is 2150. The Balaban J connectivity index is 1.55. The third-order valence-electron chi connectivity index (χ3n) is 12.0. The van der Waals surface area contributed by atoms with Gasteiger partial charge < -0.3 is 0 Å². The second-order valence-corrected chi connectivity index (χ2v) is 23.5. The summed E-state index contributed by atoms with van der Waals surface area (Å²) >= 11 is 11.1. The van der Waals surface area contributed by atoms with E-state index in [2.05, 4.69) is 122 Å². The number of halogens is 2. The molecule has 0 saturated carbocycles. The molecule has 0 N–H and O–H groups in total. The standard InChI is InChI=1S/C31H29.C9H5Cl2.2C4H9.Ti/c1-18-11-20(3)30(21(4)12-18)26-9-7-24-15-25-8-10-27(17-29(25)28(24)16-26)31-22(5)13-19(2)14-23(31)6;10-8-4-5-9(11)7-3-1-2-6(7)8;2*1-3-4-2;/h7,9-14,16-17H,15H2,1-6H3;1-5H;2*1,3-4H2,2H3;. The molecule has 2 aliphatic carbocycles. The van der Waals surface area contributed by atoms with Gasteiger partial charge in [-0.15, -0.1) is 0 Å². The topological polar surface area (TPSA) is 0 Å². The van der Waals surface area contributed by atoms with Crippen molar-refractivity contribution < 1.29 is 16.6 Å². The summed E-state index contributed by atoms with van der Waals surface area (Å²) in [5.74, 6) is 0. The van der Waals surface area contributed by atoms with E-state index in [0.717, 1.165) is 22.0 Å². The molecule has 1 atom stereocenters. The predicted molar refractivity (Wildman–Crippen MR) is 221 cm³/mol. The molecule has 0 fully saturated rings. The molecule has 0 aliphatic heterocycles. The van der Waals surface area contributed by atoms with E-state index in [0.29, 0.717) is 4.22 Å². The number of benzene rings is 5. The molecule has 0 nitrogen and oxygen atoms in total. The van der Waals surface area contributed by atoms with Crippen LogP contribution in [-0.2, 0) is 23.0 Å². The summed E-state index contributed by atoms with van der Waals surface area (Å²) in [6, 6.07) is 26.0. The zero-order valence-electron chi connectivity index (χ0n) is 31.8. The summed E-state index contributed by atoms with van der Waals surface area (Å²) < 4.78 is 4.61. The summed E-state index contributed by atoms with van der Waals surface area (Å²) in [5, 5.41) is 1.70. The molecule has 5 aromatic rings. The second-order valence-electron chi connectivity index (χ2n) is 15.7. The number of hydrogen-bond donors (Lipinski definition) is 0. The molecule has 0 spiro atoms. The summed E-state index contributed by atoms with van der Waals surface area (Å²) in [6.07, 6.45) is 10.7. The number of hydrogen-bond acceptors (Lipinski definition) is 0. The molecule has 0 bridgehead atoms. The second kappa shape index (κ2) is 14.5. The molecule has 0 radical (unpaired) electrons. The molecule has 0 amide bonds. The van der Waals surface area contributed by atoms with E-state index in [1.807, 2.05) is 12.1 Å². The van der Waals surface area contributed by atoms with Crippen molar-refractivity contribution in [1.82, 2.24) is 0 Å². The molecule has 0 aromatic heterocycles. The van der Waals surface area contributed by atoms with Crippen LogP contribution < -0.4 is 3.87 Å². The fourth-order valence-corrected chi connectivity index (χ4v) is 20.5. The van der Waals surface area contributed by atoms with Gasteiger partial charge in [0.1, 0.15) is 0 Å². The van der Waals surface area contributed by atoms with Crippen molar-refractivity contribution in [2.45, 2.75) is 101 Å². The minimum absolute atomic E-state index is 0.334. The number of unbranched alkanes of at least 4 members (excludes halogenated alkanes) is 2. The predicted octanol–water partition coefficient (Wildman–Crippen LogP) is 14.7. The van der Waals surface area contributed by atoms with Crippen LogP contribution in [0.4, 0.5) is 0 Å². The molecule has 1 unspecified atom stereocenters. The molecule has 0 saturated heterocycles. The number of aryl methyl sites for hydroxylation is 6. The molecule has 5 aromatic carbocycles. The maximum atomic E-state index is 7.21. The molecule has 51 heavy (non-hydrogen) atoms. The van der Waals surface area contributed by atoms with Gasteiger partial charge in [0.15, 0.2) is 0 Å². The molecular weight excluding hydrogens is 695 g/mol. The molecule has 3 heteroatoms. The maximum absolute atomic E-state index is 7.21. The first-order valence-corrected chi connectivity index (χ1v) is 23.7. The van der Waals surface area contributed by atoms with Gasteiger partial charge in [0, 0.05) is 0 Å². The molecule has 2 aliphatic rings. The Morgan fingerprint density at radius 1 is 0.627 bits per heavy atom. The van der Waals surface area contributed by atoms with Crippen molar-refractivity contribution in [3.05, 3.63) is 138 Å². The van der Waals surface area contributed by atoms with Gasteiger partial charge in [0.05, 0.1) is 0 Å². The van der Waals surface area contributed by atoms with Gasteiger partial charge in [-0.3, -0.25) is 0 Å². The molecular formula is C48H52Cl2Ti. The zero-order valence-corrected chi connectivity index (χ0v) is 34.9. The Kier molecular flexibility index (Phi) is 10.4. The van der Waals surface area contributed by atoms with Gasteiger partial charge in [-0.2, -0.15) is 0 Å². The summed E-state index contributed by atoms with van der Waals surface area (Å²) in [7, 11) is 0.